The van der Waals surface area contributed by atoms with E-state index in [4.69, 9.17) is 15.0 Å². The number of hydrogen-bond donors (Lipinski definition) is 2. The molecule has 13 heteroatoms. The smallest absolute Gasteiger partial charge is 0.475 e. The summed E-state index contributed by atoms with van der Waals surface area (Å²) in [6.45, 7) is 10.9. The fraction of sp³-hybridized carbons (Fsp3) is 0.500. The minimum absolute atomic E-state index is 0.0602. The van der Waals surface area contributed by atoms with E-state index < -0.39 is 15.1 Å². The maximum absolute atomic E-state index is 13.7. The summed E-state index contributed by atoms with van der Waals surface area (Å²) in [7, 11) is -3.85. The third-order valence-electron chi connectivity index (χ3n) is 7.48. The van der Waals surface area contributed by atoms with Gasteiger partial charge in [-0.05, 0) is 68.7 Å². The van der Waals surface area contributed by atoms with Gasteiger partial charge in [-0.25, -0.2) is 18.1 Å². The van der Waals surface area contributed by atoms with Gasteiger partial charge in [0.25, 0.3) is 5.56 Å². The van der Waals surface area contributed by atoms with E-state index in [2.05, 4.69) is 16.4 Å². The minimum Gasteiger partial charge on any atom is -0.493 e. The zero-order valence-electron chi connectivity index (χ0n) is 23.8. The van der Waals surface area contributed by atoms with Crippen molar-refractivity contribution in [3.8, 4) is 17.1 Å². The molecular weight excluding hydrogens is 550 g/mol. The van der Waals surface area contributed by atoms with Crippen LogP contribution < -0.4 is 10.3 Å². The first-order chi connectivity index (χ1) is 19.6. The van der Waals surface area contributed by atoms with Crippen molar-refractivity contribution in [3.05, 3.63) is 56.9 Å². The van der Waals surface area contributed by atoms with Crippen molar-refractivity contribution in [2.45, 2.75) is 64.2 Å². The molecule has 0 saturated carbocycles. The summed E-state index contributed by atoms with van der Waals surface area (Å²) in [5.74, 6) is 0.808. The van der Waals surface area contributed by atoms with Gasteiger partial charge in [0, 0.05) is 18.7 Å². The van der Waals surface area contributed by atoms with Crippen LogP contribution in [0.25, 0.3) is 23.0 Å². The fourth-order valence-corrected chi connectivity index (χ4v) is 6.86. The largest absolute Gasteiger partial charge is 0.493 e. The highest BCUT2D eigenvalue weighted by Gasteiger charge is 2.31. The predicted octanol–water partition coefficient (Wildman–Crippen LogP) is 4.27. The Morgan fingerprint density at radius 2 is 1.95 bits per heavy atom. The zero-order valence-corrected chi connectivity index (χ0v) is 24.6. The molecule has 1 aromatic carbocycles. The van der Waals surface area contributed by atoms with E-state index in [9.17, 15) is 18.1 Å². The number of nitrogens with one attached hydrogen (secondary N) is 1. The first-order valence-electron chi connectivity index (χ1n) is 14.0. The van der Waals surface area contributed by atoms with Crippen LogP contribution in [0.4, 0.5) is 0 Å². The molecule has 0 radical (unpaired) electrons. The topological polar surface area (TPSA) is 146 Å². The number of sulfonamides is 1. The van der Waals surface area contributed by atoms with E-state index in [0.717, 1.165) is 29.7 Å². The summed E-state index contributed by atoms with van der Waals surface area (Å²) < 4.78 is 36.4. The van der Waals surface area contributed by atoms with Crippen LogP contribution in [0, 0.1) is 17.7 Å². The lowest BCUT2D eigenvalue weighted by atomic mass is 9.95. The quantitative estimate of drug-likeness (QED) is 0.282. The van der Waals surface area contributed by atoms with Gasteiger partial charge in [0.15, 0.2) is 12.4 Å². The molecule has 0 aliphatic carbocycles. The molecule has 0 spiro atoms. The van der Waals surface area contributed by atoms with Crippen molar-refractivity contribution in [2.24, 2.45) is 5.92 Å². The fourth-order valence-electron chi connectivity index (χ4n) is 5.37. The van der Waals surface area contributed by atoms with Gasteiger partial charge < -0.3 is 9.72 Å². The number of ether oxygens (including phenoxy) is 1. The lowest BCUT2D eigenvalue weighted by Gasteiger charge is -2.31. The highest BCUT2D eigenvalue weighted by atomic mass is 32.2. The molecule has 1 aliphatic heterocycles. The van der Waals surface area contributed by atoms with Crippen LogP contribution >= 0.6 is 0 Å². The van der Waals surface area contributed by atoms with Gasteiger partial charge in [0.1, 0.15) is 16.2 Å². The van der Waals surface area contributed by atoms with Gasteiger partial charge in [0.05, 0.1) is 22.8 Å². The molecule has 12 nitrogen and oxygen atoms in total. The van der Waals surface area contributed by atoms with E-state index in [1.165, 1.54) is 16.4 Å². The molecule has 222 valence electrons. The molecule has 0 bridgehead atoms. The number of benzene rings is 1. The van der Waals surface area contributed by atoms with Crippen molar-refractivity contribution in [3.63, 3.8) is 0 Å². The summed E-state index contributed by atoms with van der Waals surface area (Å²) in [4.78, 5) is 31.3. The Morgan fingerprint density at radius 3 is 2.59 bits per heavy atom. The third-order valence-corrected chi connectivity index (χ3v) is 9.38. The van der Waals surface area contributed by atoms with Crippen LogP contribution in [0.2, 0.25) is 0 Å². The molecule has 3 heterocycles. The lowest BCUT2D eigenvalue weighted by molar-refractivity contribution is -0.975. The van der Waals surface area contributed by atoms with Crippen molar-refractivity contribution in [1.29, 1.82) is 0 Å². The molecular formula is C28H38N5O7S+. The van der Waals surface area contributed by atoms with Gasteiger partial charge >= 0.3 is 5.09 Å². The molecule has 4 rings (SSSR count). The second-order valence-electron chi connectivity index (χ2n) is 10.2. The number of rotatable bonds is 13. The monoisotopic (exact) mass is 588 g/mol. The Kier molecular flexibility index (Phi) is 9.49. The van der Waals surface area contributed by atoms with Crippen molar-refractivity contribution in [2.75, 3.05) is 26.3 Å². The molecule has 2 aromatic heterocycles. The van der Waals surface area contributed by atoms with E-state index in [-0.39, 0.29) is 28.8 Å². The molecule has 41 heavy (non-hydrogen) atoms. The first-order valence-corrected chi connectivity index (χ1v) is 15.4. The number of hydrogen-bond acceptors (Lipinski definition) is 7. The summed E-state index contributed by atoms with van der Waals surface area (Å²) >= 11 is 0. The van der Waals surface area contributed by atoms with E-state index in [1.54, 1.807) is 16.7 Å². The standard InChI is InChI=1S/C28H37N5O7S/c1-5-8-24-22(7-3)19(4)26-28(34)29-27(30-32(24)26)23-18-21(9-10-25(23)39-16-6-2)41(37,38)31-14-11-20(12-15-31)13-17-40-33(35)36/h7,9-10,18,20H,3,5-6,8,11-17H2,1-2,4H3,(H-,29,30,34,35,36)/p+1. The Hall–Kier alpha value is -3.71. The third kappa shape index (κ3) is 6.30. The van der Waals surface area contributed by atoms with E-state index >= 15 is 0 Å². The van der Waals surface area contributed by atoms with Gasteiger partial charge in [-0.15, -0.1) is 5.10 Å². The highest BCUT2D eigenvalue weighted by molar-refractivity contribution is 7.89. The average Bonchev–Trinajstić information content (AvgIpc) is 3.22. The van der Waals surface area contributed by atoms with Gasteiger partial charge in [0.2, 0.25) is 10.0 Å². The minimum atomic E-state index is -3.85. The number of aryl methyl sites for hydroxylation is 2. The maximum atomic E-state index is 13.7. The average molecular weight is 589 g/mol. The maximum Gasteiger partial charge on any atom is 0.475 e. The Morgan fingerprint density at radius 1 is 1.22 bits per heavy atom. The number of H-pyrrole nitrogens is 1. The Bertz CT molecular complexity index is 1590. The van der Waals surface area contributed by atoms with Crippen molar-refractivity contribution >= 4 is 21.6 Å². The Balaban J connectivity index is 1.72. The van der Waals surface area contributed by atoms with Gasteiger partial charge in [-0.3, -0.25) is 4.79 Å². The molecule has 3 aromatic rings. The van der Waals surface area contributed by atoms with Gasteiger partial charge in [-0.2, -0.15) is 9.14 Å². The van der Waals surface area contributed by atoms with Crippen molar-refractivity contribution < 1.29 is 28.3 Å². The summed E-state index contributed by atoms with van der Waals surface area (Å²) in [5.41, 5.74) is 3.02. The molecule has 1 fully saturated rings. The van der Waals surface area contributed by atoms with E-state index in [1.807, 2.05) is 20.8 Å². The SMILES string of the molecule is C=Cc1c(C)c2c(=O)[nH]c(-c3cc(S(=O)(=O)N4CCC(CCO[N+](=O)O)CC4)ccc3OCCC)nn2c1CCC. The molecule has 1 saturated heterocycles. The molecule has 1 aliphatic rings. The van der Waals surface area contributed by atoms with Crippen LogP contribution in [0.1, 0.15) is 62.8 Å². The highest BCUT2D eigenvalue weighted by Crippen LogP contribution is 2.33. The molecule has 2 N–H and O–H groups in total. The molecule has 0 unspecified atom stereocenters. The molecule has 0 amide bonds. The van der Waals surface area contributed by atoms with Crippen LogP contribution in [-0.4, -0.2) is 63.9 Å². The van der Waals surface area contributed by atoms with Crippen LogP contribution in [-0.2, 0) is 21.3 Å². The van der Waals surface area contributed by atoms with Crippen molar-refractivity contribution in [1.82, 2.24) is 18.9 Å². The number of fused-ring (bicyclic) bond motifs is 1. The summed E-state index contributed by atoms with van der Waals surface area (Å²) in [6, 6.07) is 4.64. The lowest BCUT2D eigenvalue weighted by Crippen LogP contribution is -2.38. The predicted molar refractivity (Wildman–Crippen MR) is 153 cm³/mol. The first kappa shape index (κ1) is 30.3. The van der Waals surface area contributed by atoms with Gasteiger partial charge in [-0.1, -0.05) is 32.9 Å². The number of aromatic nitrogens is 3. The summed E-state index contributed by atoms with van der Waals surface area (Å²) in [5, 5.41) is 12.8. The van der Waals surface area contributed by atoms with Crippen LogP contribution in [0.3, 0.4) is 0 Å². The zero-order chi connectivity index (χ0) is 29.7. The second-order valence-corrected chi connectivity index (χ2v) is 12.2. The number of aromatic amines is 1. The summed E-state index contributed by atoms with van der Waals surface area (Å²) in [6.07, 6.45) is 5.75. The van der Waals surface area contributed by atoms with E-state index in [0.29, 0.717) is 62.2 Å². The van der Waals surface area contributed by atoms with Crippen LogP contribution in [0.5, 0.6) is 5.75 Å². The Labute approximate surface area is 239 Å². The number of piperidine rings is 1. The van der Waals surface area contributed by atoms with Crippen LogP contribution in [0.15, 0.2) is 34.5 Å². The molecule has 0 atom stereocenters. The second kappa shape index (κ2) is 12.9. The number of nitrogens with zero attached hydrogens (tertiary/aromatic N) is 4. The normalized spacial score (nSPS) is 14.8.